The van der Waals surface area contributed by atoms with E-state index in [0.717, 1.165) is 35.4 Å². The van der Waals surface area contributed by atoms with Crippen LogP contribution in [0.25, 0.3) is 10.9 Å². The van der Waals surface area contributed by atoms with Crippen LogP contribution in [0.3, 0.4) is 0 Å². The number of hydrogen-bond donors (Lipinski definition) is 1. The molecule has 1 fully saturated rings. The first kappa shape index (κ1) is 13.2. The lowest BCUT2D eigenvalue weighted by Gasteiger charge is -2.31. The molecule has 1 aliphatic rings. The van der Waals surface area contributed by atoms with E-state index in [2.05, 4.69) is 21.8 Å². The number of hydrogen-bond acceptors (Lipinski definition) is 4. The van der Waals surface area contributed by atoms with Gasteiger partial charge in [-0.3, -0.25) is 0 Å². The Kier molecular flexibility index (Phi) is 3.72. The smallest absolute Gasteiger partial charge is 0.140 e. The van der Waals surface area contributed by atoms with Gasteiger partial charge in [0.15, 0.2) is 0 Å². The van der Waals surface area contributed by atoms with E-state index >= 15 is 0 Å². The zero-order valence-corrected chi connectivity index (χ0v) is 12.0. The van der Waals surface area contributed by atoms with E-state index in [9.17, 15) is 0 Å². The molecule has 1 unspecified atom stereocenters. The second-order valence-corrected chi connectivity index (χ2v) is 5.58. The number of nitrogens with two attached hydrogens (primary N) is 1. The lowest BCUT2D eigenvalue weighted by Crippen LogP contribution is -2.35. The van der Waals surface area contributed by atoms with E-state index in [1.165, 1.54) is 25.7 Å². The molecule has 0 bridgehead atoms. The van der Waals surface area contributed by atoms with E-state index < -0.39 is 0 Å². The van der Waals surface area contributed by atoms with Gasteiger partial charge in [-0.1, -0.05) is 19.8 Å². The van der Waals surface area contributed by atoms with E-state index in [4.69, 9.17) is 5.73 Å². The number of nitrogen functional groups attached to an aromatic ring is 1. The molecule has 20 heavy (non-hydrogen) atoms. The third kappa shape index (κ3) is 2.42. The predicted molar refractivity (Wildman–Crippen MR) is 83.8 cm³/mol. The number of nitrogens with zero attached hydrogens (tertiary/aromatic N) is 3. The third-order valence-electron chi connectivity index (χ3n) is 4.26. The van der Waals surface area contributed by atoms with Crippen molar-refractivity contribution in [3.8, 4) is 0 Å². The summed E-state index contributed by atoms with van der Waals surface area (Å²) in [6.45, 7) is 3.35. The highest BCUT2D eigenvalue weighted by molar-refractivity contribution is 5.91. The van der Waals surface area contributed by atoms with Gasteiger partial charge in [-0.25, -0.2) is 9.97 Å². The van der Waals surface area contributed by atoms with Crippen molar-refractivity contribution < 1.29 is 0 Å². The van der Waals surface area contributed by atoms with Crippen LogP contribution in [0.5, 0.6) is 0 Å². The zero-order chi connectivity index (χ0) is 13.9. The van der Waals surface area contributed by atoms with Crippen LogP contribution in [0, 0.1) is 0 Å². The van der Waals surface area contributed by atoms with Crippen LogP contribution in [-0.4, -0.2) is 22.6 Å². The zero-order valence-electron chi connectivity index (χ0n) is 12.0. The molecule has 1 aliphatic heterocycles. The Morgan fingerprint density at radius 3 is 3.00 bits per heavy atom. The quantitative estimate of drug-likeness (QED) is 0.850. The minimum atomic E-state index is 0.581. The Morgan fingerprint density at radius 2 is 2.15 bits per heavy atom. The molecular weight excluding hydrogens is 248 g/mol. The van der Waals surface area contributed by atoms with Gasteiger partial charge in [-0.15, -0.1) is 0 Å². The number of rotatable bonds is 2. The van der Waals surface area contributed by atoms with Crippen molar-refractivity contribution in [1.82, 2.24) is 9.97 Å². The SMILES string of the molecule is CCC1CCCCCN1c1ncnc2ccc(N)cc12. The van der Waals surface area contributed by atoms with Crippen LogP contribution in [-0.2, 0) is 0 Å². The fourth-order valence-electron chi connectivity index (χ4n) is 3.17. The maximum absolute atomic E-state index is 5.95. The molecule has 1 aromatic heterocycles. The lowest BCUT2D eigenvalue weighted by atomic mass is 10.1. The monoisotopic (exact) mass is 270 g/mol. The molecular formula is C16H22N4. The highest BCUT2D eigenvalue weighted by Crippen LogP contribution is 2.30. The van der Waals surface area contributed by atoms with Gasteiger partial charge < -0.3 is 10.6 Å². The molecule has 1 atom stereocenters. The normalized spacial score (nSPS) is 20.1. The van der Waals surface area contributed by atoms with Crippen molar-refractivity contribution in [2.45, 2.75) is 45.1 Å². The number of aromatic nitrogens is 2. The first-order valence-electron chi connectivity index (χ1n) is 7.56. The van der Waals surface area contributed by atoms with Crippen LogP contribution < -0.4 is 10.6 Å². The summed E-state index contributed by atoms with van der Waals surface area (Å²) >= 11 is 0. The largest absolute Gasteiger partial charge is 0.399 e. The van der Waals surface area contributed by atoms with Crippen molar-refractivity contribution in [2.75, 3.05) is 17.2 Å². The summed E-state index contributed by atoms with van der Waals surface area (Å²) in [6, 6.07) is 6.47. The number of benzene rings is 1. The van der Waals surface area contributed by atoms with Crippen LogP contribution in [0.2, 0.25) is 0 Å². The lowest BCUT2D eigenvalue weighted by molar-refractivity contribution is 0.553. The summed E-state index contributed by atoms with van der Waals surface area (Å²) < 4.78 is 0. The minimum Gasteiger partial charge on any atom is -0.399 e. The summed E-state index contributed by atoms with van der Waals surface area (Å²) in [4.78, 5) is 11.4. The molecule has 0 saturated carbocycles. The van der Waals surface area contributed by atoms with E-state index in [0.29, 0.717) is 6.04 Å². The molecule has 0 spiro atoms. The third-order valence-corrected chi connectivity index (χ3v) is 4.26. The molecule has 2 heterocycles. The molecule has 3 rings (SSSR count). The van der Waals surface area contributed by atoms with Gasteiger partial charge in [0.05, 0.1) is 5.52 Å². The average molecular weight is 270 g/mol. The van der Waals surface area contributed by atoms with E-state index in [-0.39, 0.29) is 0 Å². The number of fused-ring (bicyclic) bond motifs is 1. The van der Waals surface area contributed by atoms with Crippen molar-refractivity contribution in [2.24, 2.45) is 0 Å². The summed E-state index contributed by atoms with van der Waals surface area (Å²) in [5, 5.41) is 1.08. The number of anilines is 2. The molecule has 4 nitrogen and oxygen atoms in total. The maximum Gasteiger partial charge on any atom is 0.140 e. The molecule has 2 aromatic rings. The van der Waals surface area contributed by atoms with Crippen LogP contribution in [0.15, 0.2) is 24.5 Å². The summed E-state index contributed by atoms with van der Waals surface area (Å²) in [5.41, 5.74) is 7.70. The van der Waals surface area contributed by atoms with Gasteiger partial charge in [-0.2, -0.15) is 0 Å². The average Bonchev–Trinajstić information content (AvgIpc) is 2.71. The van der Waals surface area contributed by atoms with Gasteiger partial charge in [0.25, 0.3) is 0 Å². The summed E-state index contributed by atoms with van der Waals surface area (Å²) in [5.74, 6) is 1.05. The minimum absolute atomic E-state index is 0.581. The van der Waals surface area contributed by atoms with Crippen molar-refractivity contribution in [1.29, 1.82) is 0 Å². The van der Waals surface area contributed by atoms with Crippen LogP contribution in [0.4, 0.5) is 11.5 Å². The molecule has 1 saturated heterocycles. The highest BCUT2D eigenvalue weighted by atomic mass is 15.2. The van der Waals surface area contributed by atoms with Gasteiger partial charge in [0, 0.05) is 23.7 Å². The van der Waals surface area contributed by atoms with Gasteiger partial charge in [0.1, 0.15) is 12.1 Å². The van der Waals surface area contributed by atoms with Crippen LogP contribution >= 0.6 is 0 Å². The second kappa shape index (κ2) is 5.65. The topological polar surface area (TPSA) is 55.0 Å². The Bertz CT molecular complexity index is 596. The molecule has 4 heteroatoms. The Hall–Kier alpha value is -1.84. The molecule has 2 N–H and O–H groups in total. The Balaban J connectivity index is 2.09. The molecule has 106 valence electrons. The standard InChI is InChI=1S/C16H22N4/c1-2-13-6-4-3-5-9-20(13)16-14-10-12(17)7-8-15(14)18-11-19-16/h7-8,10-11,13H,2-6,9,17H2,1H3. The first-order valence-corrected chi connectivity index (χ1v) is 7.56. The van der Waals surface area contributed by atoms with E-state index in [1.54, 1.807) is 6.33 Å². The fourth-order valence-corrected chi connectivity index (χ4v) is 3.17. The molecule has 1 aromatic carbocycles. The Labute approximate surface area is 120 Å². The fraction of sp³-hybridized carbons (Fsp3) is 0.500. The predicted octanol–water partition coefficient (Wildman–Crippen LogP) is 3.37. The van der Waals surface area contributed by atoms with E-state index in [1.807, 2.05) is 18.2 Å². The summed E-state index contributed by atoms with van der Waals surface area (Å²) in [6.07, 6.45) is 7.96. The Morgan fingerprint density at radius 1 is 1.25 bits per heavy atom. The van der Waals surface area contributed by atoms with Crippen LogP contribution in [0.1, 0.15) is 39.0 Å². The molecule has 0 aliphatic carbocycles. The van der Waals surface area contributed by atoms with Gasteiger partial charge >= 0.3 is 0 Å². The van der Waals surface area contributed by atoms with Gasteiger partial charge in [0.2, 0.25) is 0 Å². The summed E-state index contributed by atoms with van der Waals surface area (Å²) in [7, 11) is 0. The highest BCUT2D eigenvalue weighted by Gasteiger charge is 2.22. The van der Waals surface area contributed by atoms with Crippen molar-refractivity contribution in [3.63, 3.8) is 0 Å². The molecule has 0 amide bonds. The maximum atomic E-state index is 5.95. The molecule has 0 radical (unpaired) electrons. The first-order chi connectivity index (χ1) is 9.79. The van der Waals surface area contributed by atoms with Crippen molar-refractivity contribution >= 4 is 22.4 Å². The van der Waals surface area contributed by atoms with Crippen molar-refractivity contribution in [3.05, 3.63) is 24.5 Å². The second-order valence-electron chi connectivity index (χ2n) is 5.58. The van der Waals surface area contributed by atoms with Gasteiger partial charge in [-0.05, 0) is 37.5 Å².